The van der Waals surface area contributed by atoms with E-state index in [1.54, 1.807) is 7.11 Å². The molecule has 0 unspecified atom stereocenters. The van der Waals surface area contributed by atoms with Crippen LogP contribution in [0, 0.1) is 0 Å². The zero-order valence-corrected chi connectivity index (χ0v) is 14.4. The zero-order valence-electron chi connectivity index (χ0n) is 12.8. The Kier molecular flexibility index (Phi) is 4.75. The van der Waals surface area contributed by atoms with Crippen molar-refractivity contribution in [2.24, 2.45) is 0 Å². The Bertz CT molecular complexity index is 486. The van der Waals surface area contributed by atoms with Crippen LogP contribution in [0.15, 0.2) is 22.7 Å². The lowest BCUT2D eigenvalue weighted by molar-refractivity contribution is 0.246. The molecule has 21 heavy (non-hydrogen) atoms. The molecule has 0 bridgehead atoms. The SMILES string of the molecule is COc1ccc(N2CCCNC3(CCCCC3)C2)cc1Br. The van der Waals surface area contributed by atoms with Crippen LogP contribution in [0.2, 0.25) is 0 Å². The highest BCUT2D eigenvalue weighted by Crippen LogP contribution is 2.34. The van der Waals surface area contributed by atoms with Crippen LogP contribution in [0.4, 0.5) is 5.69 Å². The highest BCUT2D eigenvalue weighted by Gasteiger charge is 2.35. The second-order valence-corrected chi connectivity index (χ2v) is 7.22. The van der Waals surface area contributed by atoms with Crippen molar-refractivity contribution >= 4 is 21.6 Å². The standard InChI is InChI=1S/C17H25BrN2O/c1-21-16-7-6-14(12-15(16)18)20-11-5-10-19-17(13-20)8-3-2-4-9-17/h6-7,12,19H,2-5,8-11,13H2,1H3. The predicted octanol–water partition coefficient (Wildman–Crippen LogP) is 3.96. The molecule has 2 fully saturated rings. The number of benzene rings is 1. The summed E-state index contributed by atoms with van der Waals surface area (Å²) in [5.41, 5.74) is 1.64. The van der Waals surface area contributed by atoms with Gasteiger partial charge in [-0.2, -0.15) is 0 Å². The molecule has 4 heteroatoms. The summed E-state index contributed by atoms with van der Waals surface area (Å²) in [5, 5.41) is 3.86. The summed E-state index contributed by atoms with van der Waals surface area (Å²) >= 11 is 3.61. The highest BCUT2D eigenvalue weighted by molar-refractivity contribution is 9.10. The Morgan fingerprint density at radius 3 is 2.71 bits per heavy atom. The minimum atomic E-state index is 0.334. The van der Waals surface area contributed by atoms with E-state index < -0.39 is 0 Å². The van der Waals surface area contributed by atoms with Crippen LogP contribution < -0.4 is 15.0 Å². The van der Waals surface area contributed by atoms with E-state index >= 15 is 0 Å². The van der Waals surface area contributed by atoms with E-state index in [4.69, 9.17) is 4.74 Å². The molecular formula is C17H25BrN2O. The van der Waals surface area contributed by atoms with Crippen LogP contribution in [0.3, 0.4) is 0 Å². The summed E-state index contributed by atoms with van der Waals surface area (Å²) < 4.78 is 6.38. The fraction of sp³-hybridized carbons (Fsp3) is 0.647. The van der Waals surface area contributed by atoms with Gasteiger partial charge < -0.3 is 15.0 Å². The number of anilines is 1. The van der Waals surface area contributed by atoms with Crippen molar-refractivity contribution in [2.45, 2.75) is 44.1 Å². The Hall–Kier alpha value is -0.740. The molecule has 1 aromatic carbocycles. The topological polar surface area (TPSA) is 24.5 Å². The molecule has 1 N–H and O–H groups in total. The molecule has 3 nitrogen and oxygen atoms in total. The number of nitrogens with zero attached hydrogens (tertiary/aromatic N) is 1. The molecule has 1 aliphatic heterocycles. The zero-order chi connectivity index (χ0) is 14.7. The van der Waals surface area contributed by atoms with Crippen LogP contribution in [0.5, 0.6) is 5.75 Å². The van der Waals surface area contributed by atoms with Crippen LogP contribution in [0.1, 0.15) is 38.5 Å². The van der Waals surface area contributed by atoms with Crippen molar-refractivity contribution in [3.05, 3.63) is 22.7 Å². The van der Waals surface area contributed by atoms with Gasteiger partial charge in [-0.05, 0) is 59.9 Å². The van der Waals surface area contributed by atoms with Gasteiger partial charge in [-0.15, -0.1) is 0 Å². The molecule has 2 aliphatic rings. The summed E-state index contributed by atoms with van der Waals surface area (Å²) in [6.07, 6.45) is 7.99. The second kappa shape index (κ2) is 6.57. The lowest BCUT2D eigenvalue weighted by Crippen LogP contribution is -2.52. The molecule has 1 aliphatic carbocycles. The van der Waals surface area contributed by atoms with Crippen molar-refractivity contribution in [2.75, 3.05) is 31.6 Å². The third-order valence-corrected chi connectivity index (χ3v) is 5.53. The van der Waals surface area contributed by atoms with Gasteiger partial charge in [0.2, 0.25) is 0 Å². The van der Waals surface area contributed by atoms with Gasteiger partial charge >= 0.3 is 0 Å². The van der Waals surface area contributed by atoms with E-state index in [1.807, 2.05) is 0 Å². The van der Waals surface area contributed by atoms with Crippen molar-refractivity contribution in [3.8, 4) is 5.75 Å². The van der Waals surface area contributed by atoms with Crippen LogP contribution in [-0.4, -0.2) is 32.3 Å². The maximum Gasteiger partial charge on any atom is 0.133 e. The van der Waals surface area contributed by atoms with Gasteiger partial charge in [0, 0.05) is 24.3 Å². The highest BCUT2D eigenvalue weighted by atomic mass is 79.9. The van der Waals surface area contributed by atoms with Crippen LogP contribution in [-0.2, 0) is 0 Å². The number of nitrogens with one attached hydrogen (secondary N) is 1. The van der Waals surface area contributed by atoms with Gasteiger partial charge in [0.15, 0.2) is 0 Å². The average Bonchev–Trinajstić information content (AvgIpc) is 2.71. The van der Waals surface area contributed by atoms with Gasteiger partial charge in [0.25, 0.3) is 0 Å². The van der Waals surface area contributed by atoms with Crippen molar-refractivity contribution in [1.29, 1.82) is 0 Å². The van der Waals surface area contributed by atoms with Crippen LogP contribution in [0.25, 0.3) is 0 Å². The minimum absolute atomic E-state index is 0.334. The third kappa shape index (κ3) is 3.37. The van der Waals surface area contributed by atoms with E-state index in [-0.39, 0.29) is 0 Å². The Labute approximate surface area is 136 Å². The average molecular weight is 353 g/mol. The lowest BCUT2D eigenvalue weighted by atomic mass is 9.81. The van der Waals surface area contributed by atoms with Crippen molar-refractivity contribution in [1.82, 2.24) is 5.32 Å². The number of hydrogen-bond donors (Lipinski definition) is 1. The normalized spacial score (nSPS) is 22.1. The first-order chi connectivity index (χ1) is 10.2. The first-order valence-electron chi connectivity index (χ1n) is 8.06. The fourth-order valence-electron chi connectivity index (χ4n) is 3.76. The van der Waals surface area contributed by atoms with Crippen molar-refractivity contribution < 1.29 is 4.74 Å². The summed E-state index contributed by atoms with van der Waals surface area (Å²) in [4.78, 5) is 2.55. The molecule has 1 heterocycles. The van der Waals surface area contributed by atoms with Crippen molar-refractivity contribution in [3.63, 3.8) is 0 Å². The van der Waals surface area contributed by atoms with E-state index in [2.05, 4.69) is 44.3 Å². The first kappa shape index (κ1) is 15.2. The molecule has 0 atom stereocenters. The number of hydrogen-bond acceptors (Lipinski definition) is 3. The number of halogens is 1. The molecule has 1 saturated carbocycles. The summed E-state index contributed by atoms with van der Waals surface area (Å²) in [6.45, 7) is 3.41. The molecule has 1 aromatic rings. The van der Waals surface area contributed by atoms with Gasteiger partial charge in [0.1, 0.15) is 5.75 Å². The Balaban J connectivity index is 1.81. The molecule has 116 valence electrons. The molecule has 1 spiro atoms. The number of ether oxygens (including phenoxy) is 1. The smallest absolute Gasteiger partial charge is 0.133 e. The molecule has 0 aromatic heterocycles. The fourth-order valence-corrected chi connectivity index (χ4v) is 4.29. The lowest BCUT2D eigenvalue weighted by Gasteiger charge is -2.40. The minimum Gasteiger partial charge on any atom is -0.496 e. The van der Waals surface area contributed by atoms with E-state index in [0.717, 1.165) is 29.9 Å². The van der Waals surface area contributed by atoms with E-state index in [0.29, 0.717) is 5.54 Å². The van der Waals surface area contributed by atoms with Gasteiger partial charge in [-0.25, -0.2) is 0 Å². The van der Waals surface area contributed by atoms with Crippen LogP contribution >= 0.6 is 15.9 Å². The predicted molar refractivity (Wildman–Crippen MR) is 91.3 cm³/mol. The quantitative estimate of drug-likeness (QED) is 0.871. The largest absolute Gasteiger partial charge is 0.496 e. The van der Waals surface area contributed by atoms with E-state index in [9.17, 15) is 0 Å². The first-order valence-corrected chi connectivity index (χ1v) is 8.85. The monoisotopic (exact) mass is 352 g/mol. The summed E-state index contributed by atoms with van der Waals surface area (Å²) in [7, 11) is 1.71. The number of rotatable bonds is 2. The summed E-state index contributed by atoms with van der Waals surface area (Å²) in [6, 6.07) is 6.44. The molecule has 0 amide bonds. The molecule has 1 saturated heterocycles. The third-order valence-electron chi connectivity index (χ3n) is 4.91. The van der Waals surface area contributed by atoms with Gasteiger partial charge in [0.05, 0.1) is 11.6 Å². The molecule has 3 rings (SSSR count). The molecular weight excluding hydrogens is 328 g/mol. The Morgan fingerprint density at radius 1 is 1.19 bits per heavy atom. The van der Waals surface area contributed by atoms with Gasteiger partial charge in [-0.1, -0.05) is 19.3 Å². The number of methoxy groups -OCH3 is 1. The summed E-state index contributed by atoms with van der Waals surface area (Å²) in [5.74, 6) is 0.902. The maximum absolute atomic E-state index is 5.34. The van der Waals surface area contributed by atoms with Gasteiger partial charge in [-0.3, -0.25) is 0 Å². The maximum atomic E-state index is 5.34. The molecule has 0 radical (unpaired) electrons. The second-order valence-electron chi connectivity index (χ2n) is 6.36. The van der Waals surface area contributed by atoms with E-state index in [1.165, 1.54) is 44.2 Å². The Morgan fingerprint density at radius 2 is 2.00 bits per heavy atom.